The Labute approximate surface area is 91.6 Å². The number of rotatable bonds is 1. The predicted octanol–water partition coefficient (Wildman–Crippen LogP) is 3.53. The van der Waals surface area contributed by atoms with E-state index >= 15 is 0 Å². The minimum atomic E-state index is 0.459. The minimum absolute atomic E-state index is 0.459. The molecule has 1 fully saturated rings. The second kappa shape index (κ2) is 3.99. The summed E-state index contributed by atoms with van der Waals surface area (Å²) in [7, 11) is 0. The molecule has 0 spiro atoms. The lowest BCUT2D eigenvalue weighted by Crippen LogP contribution is -2.13. The van der Waals surface area contributed by atoms with E-state index in [1.165, 1.54) is 18.4 Å². The Morgan fingerprint density at radius 3 is 2.92 bits per heavy atom. The summed E-state index contributed by atoms with van der Waals surface area (Å²) in [5.41, 5.74) is 1.22. The Bertz CT molecular complexity index is 308. The van der Waals surface area contributed by atoms with Crippen molar-refractivity contribution in [2.75, 3.05) is 6.54 Å². The van der Waals surface area contributed by atoms with E-state index in [1.807, 2.05) is 12.1 Å². The smallest absolute Gasteiger partial charge is 0.0465 e. The van der Waals surface area contributed by atoms with Crippen LogP contribution >= 0.6 is 27.5 Å². The maximum absolute atomic E-state index is 6.14. The average molecular weight is 261 g/mol. The van der Waals surface area contributed by atoms with E-state index in [0.29, 0.717) is 6.04 Å². The van der Waals surface area contributed by atoms with Crippen molar-refractivity contribution in [3.8, 4) is 0 Å². The molecular formula is C10H11BrClN. The van der Waals surface area contributed by atoms with Gasteiger partial charge in [0.15, 0.2) is 0 Å². The standard InChI is InChI=1S/C10H11BrClN/c11-7-3-4-8(9(12)6-7)10-2-1-5-13-10/h3-4,6,10,13H,1-2,5H2. The van der Waals surface area contributed by atoms with Crippen LogP contribution in [0.15, 0.2) is 22.7 Å². The van der Waals surface area contributed by atoms with Crippen LogP contribution in [0.1, 0.15) is 24.4 Å². The fourth-order valence-electron chi connectivity index (χ4n) is 1.73. The highest BCUT2D eigenvalue weighted by Crippen LogP contribution is 2.30. The Kier molecular flexibility index (Phi) is 2.92. The highest BCUT2D eigenvalue weighted by Gasteiger charge is 2.18. The lowest BCUT2D eigenvalue weighted by molar-refractivity contribution is 0.648. The summed E-state index contributed by atoms with van der Waals surface area (Å²) in [6, 6.07) is 6.55. The molecule has 1 aromatic carbocycles. The highest BCUT2D eigenvalue weighted by atomic mass is 79.9. The highest BCUT2D eigenvalue weighted by molar-refractivity contribution is 9.10. The van der Waals surface area contributed by atoms with Gasteiger partial charge in [-0.2, -0.15) is 0 Å². The van der Waals surface area contributed by atoms with Crippen molar-refractivity contribution in [1.29, 1.82) is 0 Å². The molecule has 0 saturated carbocycles. The van der Waals surface area contributed by atoms with Crippen LogP contribution in [0, 0.1) is 0 Å². The summed E-state index contributed by atoms with van der Waals surface area (Å²) in [5, 5.41) is 4.29. The molecule has 3 heteroatoms. The van der Waals surface area contributed by atoms with Gasteiger partial charge in [0.25, 0.3) is 0 Å². The predicted molar refractivity (Wildman–Crippen MR) is 59.1 cm³/mol. The summed E-state index contributed by atoms with van der Waals surface area (Å²) in [5.74, 6) is 0. The van der Waals surface area contributed by atoms with Gasteiger partial charge in [-0.3, -0.25) is 0 Å². The first-order valence-electron chi connectivity index (χ1n) is 4.46. The first-order valence-corrected chi connectivity index (χ1v) is 5.63. The number of halogens is 2. The van der Waals surface area contributed by atoms with Crippen molar-refractivity contribution >= 4 is 27.5 Å². The number of hydrogen-bond acceptors (Lipinski definition) is 1. The van der Waals surface area contributed by atoms with Gasteiger partial charge in [0.2, 0.25) is 0 Å². The van der Waals surface area contributed by atoms with Crippen LogP contribution < -0.4 is 5.32 Å². The third-order valence-electron chi connectivity index (χ3n) is 2.40. The van der Waals surface area contributed by atoms with E-state index in [1.54, 1.807) is 0 Å². The summed E-state index contributed by atoms with van der Waals surface area (Å²) in [4.78, 5) is 0. The third-order valence-corrected chi connectivity index (χ3v) is 3.22. The molecule has 0 amide bonds. The van der Waals surface area contributed by atoms with Gasteiger partial charge >= 0.3 is 0 Å². The van der Waals surface area contributed by atoms with Crippen LogP contribution in [0.5, 0.6) is 0 Å². The minimum Gasteiger partial charge on any atom is -0.310 e. The molecule has 1 N–H and O–H groups in total. The summed E-state index contributed by atoms with van der Waals surface area (Å²) in [6.07, 6.45) is 2.44. The molecule has 0 bridgehead atoms. The molecule has 70 valence electrons. The van der Waals surface area contributed by atoms with E-state index < -0.39 is 0 Å². The van der Waals surface area contributed by atoms with Crippen molar-refractivity contribution < 1.29 is 0 Å². The molecular weight excluding hydrogens is 249 g/mol. The van der Waals surface area contributed by atoms with Crippen LogP contribution in [-0.2, 0) is 0 Å². The van der Waals surface area contributed by atoms with Crippen LogP contribution in [0.2, 0.25) is 5.02 Å². The lowest BCUT2D eigenvalue weighted by Gasteiger charge is -2.12. The molecule has 2 rings (SSSR count). The molecule has 1 saturated heterocycles. The van der Waals surface area contributed by atoms with E-state index in [9.17, 15) is 0 Å². The summed E-state index contributed by atoms with van der Waals surface area (Å²) >= 11 is 9.54. The number of hydrogen-bond donors (Lipinski definition) is 1. The Morgan fingerprint density at radius 2 is 2.31 bits per heavy atom. The number of benzene rings is 1. The molecule has 1 unspecified atom stereocenters. The zero-order valence-corrected chi connectivity index (χ0v) is 9.53. The van der Waals surface area contributed by atoms with Gasteiger partial charge in [-0.1, -0.05) is 33.6 Å². The molecule has 13 heavy (non-hydrogen) atoms. The van der Waals surface area contributed by atoms with Crippen LogP contribution in [0.4, 0.5) is 0 Å². The van der Waals surface area contributed by atoms with Crippen molar-refractivity contribution in [3.63, 3.8) is 0 Å². The lowest BCUT2D eigenvalue weighted by atomic mass is 10.1. The zero-order chi connectivity index (χ0) is 9.26. The van der Waals surface area contributed by atoms with E-state index in [-0.39, 0.29) is 0 Å². The molecule has 0 aliphatic carbocycles. The maximum atomic E-state index is 6.14. The zero-order valence-electron chi connectivity index (χ0n) is 7.19. The third kappa shape index (κ3) is 2.06. The van der Waals surface area contributed by atoms with Crippen LogP contribution in [0.25, 0.3) is 0 Å². The van der Waals surface area contributed by atoms with E-state index in [0.717, 1.165) is 16.0 Å². The fraction of sp³-hybridized carbons (Fsp3) is 0.400. The van der Waals surface area contributed by atoms with Crippen molar-refractivity contribution in [3.05, 3.63) is 33.3 Å². The number of nitrogens with one attached hydrogen (secondary N) is 1. The largest absolute Gasteiger partial charge is 0.310 e. The van der Waals surface area contributed by atoms with Crippen molar-refractivity contribution in [2.45, 2.75) is 18.9 Å². The van der Waals surface area contributed by atoms with Gasteiger partial charge < -0.3 is 5.32 Å². The maximum Gasteiger partial charge on any atom is 0.0465 e. The molecule has 1 heterocycles. The molecule has 1 nitrogen and oxygen atoms in total. The van der Waals surface area contributed by atoms with E-state index in [2.05, 4.69) is 27.3 Å². The molecule has 1 atom stereocenters. The topological polar surface area (TPSA) is 12.0 Å². The normalized spacial score (nSPS) is 22.2. The van der Waals surface area contributed by atoms with Gasteiger partial charge in [-0.05, 0) is 37.1 Å². The van der Waals surface area contributed by atoms with Gasteiger partial charge in [-0.15, -0.1) is 0 Å². The molecule has 0 radical (unpaired) electrons. The van der Waals surface area contributed by atoms with Crippen LogP contribution in [0.3, 0.4) is 0 Å². The second-order valence-corrected chi connectivity index (χ2v) is 4.64. The summed E-state index contributed by atoms with van der Waals surface area (Å²) < 4.78 is 1.04. The van der Waals surface area contributed by atoms with Gasteiger partial charge in [0, 0.05) is 15.5 Å². The first-order chi connectivity index (χ1) is 6.27. The molecule has 0 aromatic heterocycles. The first kappa shape index (κ1) is 9.50. The monoisotopic (exact) mass is 259 g/mol. The van der Waals surface area contributed by atoms with Crippen molar-refractivity contribution in [1.82, 2.24) is 5.32 Å². The van der Waals surface area contributed by atoms with Crippen molar-refractivity contribution in [2.24, 2.45) is 0 Å². The quantitative estimate of drug-likeness (QED) is 0.814. The fourth-order valence-corrected chi connectivity index (χ4v) is 2.54. The second-order valence-electron chi connectivity index (χ2n) is 3.31. The van der Waals surface area contributed by atoms with E-state index in [4.69, 9.17) is 11.6 Å². The molecule has 1 aliphatic rings. The van der Waals surface area contributed by atoms with Gasteiger partial charge in [0.05, 0.1) is 0 Å². The summed E-state index contributed by atoms with van der Waals surface area (Å²) in [6.45, 7) is 1.11. The van der Waals surface area contributed by atoms with Gasteiger partial charge in [0.1, 0.15) is 0 Å². The SMILES string of the molecule is Clc1cc(Br)ccc1C1CCCN1. The van der Waals surface area contributed by atoms with Gasteiger partial charge in [-0.25, -0.2) is 0 Å². The Balaban J connectivity index is 2.29. The molecule has 1 aromatic rings. The average Bonchev–Trinajstić information content (AvgIpc) is 2.56. The molecule has 1 aliphatic heterocycles. The van der Waals surface area contributed by atoms with Crippen LogP contribution in [-0.4, -0.2) is 6.54 Å². The Hall–Kier alpha value is -0.0500. The Morgan fingerprint density at radius 1 is 1.46 bits per heavy atom.